The molecule has 1 aliphatic heterocycles. The second kappa shape index (κ2) is 10.7. The fourth-order valence-electron chi connectivity index (χ4n) is 2.99. The third kappa shape index (κ3) is 5.77. The van der Waals surface area contributed by atoms with Gasteiger partial charge < -0.3 is 19.7 Å². The summed E-state index contributed by atoms with van der Waals surface area (Å²) in [5, 5.41) is 5.74. The summed E-state index contributed by atoms with van der Waals surface area (Å²) in [7, 11) is 0. The Morgan fingerprint density at radius 2 is 1.90 bits per heavy atom. The van der Waals surface area contributed by atoms with Crippen LogP contribution in [0.1, 0.15) is 34.1 Å². The van der Waals surface area contributed by atoms with Crippen molar-refractivity contribution >= 4 is 34.8 Å². The zero-order chi connectivity index (χ0) is 21.3. The van der Waals surface area contributed by atoms with Crippen LogP contribution in [-0.2, 0) is 4.74 Å². The summed E-state index contributed by atoms with van der Waals surface area (Å²) < 4.78 is 10.9. The van der Waals surface area contributed by atoms with Crippen molar-refractivity contribution in [2.45, 2.75) is 13.3 Å². The van der Waals surface area contributed by atoms with Crippen molar-refractivity contribution in [1.29, 1.82) is 0 Å². The SMILES string of the molecule is CCCOc1cccc(C(=O)NC(=S)Nc2ccccc2C(=O)N2CCOCC2)c1. The number of amides is 2. The molecule has 7 nitrogen and oxygen atoms in total. The van der Waals surface area contributed by atoms with Gasteiger partial charge in [-0.05, 0) is 49.0 Å². The second-order valence-electron chi connectivity index (χ2n) is 6.73. The number of hydrogen-bond donors (Lipinski definition) is 2. The second-order valence-corrected chi connectivity index (χ2v) is 7.14. The maximum absolute atomic E-state index is 12.9. The number of morpholine rings is 1. The number of rotatable bonds is 6. The number of benzene rings is 2. The topological polar surface area (TPSA) is 79.9 Å². The summed E-state index contributed by atoms with van der Waals surface area (Å²) in [4.78, 5) is 27.2. The van der Waals surface area contributed by atoms with Crippen LogP contribution < -0.4 is 15.4 Å². The first kappa shape index (κ1) is 21.7. The molecule has 0 saturated carbocycles. The van der Waals surface area contributed by atoms with E-state index in [1.165, 1.54) is 0 Å². The Morgan fingerprint density at radius 1 is 1.13 bits per heavy atom. The lowest BCUT2D eigenvalue weighted by Gasteiger charge is -2.27. The summed E-state index contributed by atoms with van der Waals surface area (Å²) in [5.41, 5.74) is 1.47. The van der Waals surface area contributed by atoms with Crippen molar-refractivity contribution in [3.63, 3.8) is 0 Å². The molecule has 8 heteroatoms. The van der Waals surface area contributed by atoms with Crippen molar-refractivity contribution in [3.05, 3.63) is 59.7 Å². The molecule has 0 atom stereocenters. The van der Waals surface area contributed by atoms with Crippen molar-refractivity contribution in [1.82, 2.24) is 10.2 Å². The summed E-state index contributed by atoms with van der Waals surface area (Å²) in [6.07, 6.45) is 0.882. The molecule has 1 saturated heterocycles. The first-order chi connectivity index (χ1) is 14.6. The van der Waals surface area contributed by atoms with E-state index < -0.39 is 0 Å². The van der Waals surface area contributed by atoms with Crippen LogP contribution in [0, 0.1) is 0 Å². The molecule has 0 spiro atoms. The predicted molar refractivity (Wildman–Crippen MR) is 119 cm³/mol. The summed E-state index contributed by atoms with van der Waals surface area (Å²) in [5.74, 6) is 0.174. The quantitative estimate of drug-likeness (QED) is 0.690. The van der Waals surface area contributed by atoms with Crippen molar-refractivity contribution in [2.75, 3.05) is 38.2 Å². The zero-order valence-corrected chi connectivity index (χ0v) is 17.7. The fourth-order valence-corrected chi connectivity index (χ4v) is 3.19. The molecule has 30 heavy (non-hydrogen) atoms. The standard InChI is InChI=1S/C22H25N3O4S/c1-2-12-29-17-7-5-6-16(15-17)20(26)24-22(30)23-19-9-4-3-8-18(19)21(27)25-10-13-28-14-11-25/h3-9,15H,2,10-14H2,1H3,(H2,23,24,26,30). The molecule has 2 N–H and O–H groups in total. The minimum absolute atomic E-state index is 0.101. The van der Waals surface area contributed by atoms with Gasteiger partial charge in [-0.2, -0.15) is 0 Å². The van der Waals surface area contributed by atoms with Gasteiger partial charge in [0.05, 0.1) is 31.1 Å². The number of carbonyl (C=O) groups excluding carboxylic acids is 2. The number of para-hydroxylation sites is 1. The molecule has 3 rings (SSSR count). The summed E-state index contributed by atoms with van der Waals surface area (Å²) in [6.45, 7) is 4.74. The van der Waals surface area contributed by atoms with E-state index in [9.17, 15) is 9.59 Å². The van der Waals surface area contributed by atoms with E-state index in [0.29, 0.717) is 55.5 Å². The number of nitrogens with one attached hydrogen (secondary N) is 2. The highest BCUT2D eigenvalue weighted by Gasteiger charge is 2.21. The molecule has 2 amide bonds. The van der Waals surface area contributed by atoms with Crippen molar-refractivity contribution in [3.8, 4) is 5.75 Å². The third-order valence-corrected chi connectivity index (χ3v) is 4.70. The van der Waals surface area contributed by atoms with Gasteiger partial charge in [0, 0.05) is 18.7 Å². The maximum Gasteiger partial charge on any atom is 0.257 e. The Balaban J connectivity index is 1.65. The summed E-state index contributed by atoms with van der Waals surface area (Å²) in [6, 6.07) is 14.0. The zero-order valence-electron chi connectivity index (χ0n) is 16.8. The van der Waals surface area contributed by atoms with E-state index in [-0.39, 0.29) is 16.9 Å². The minimum atomic E-state index is -0.355. The van der Waals surface area contributed by atoms with Crippen LogP contribution in [-0.4, -0.2) is 54.7 Å². The Morgan fingerprint density at radius 3 is 2.67 bits per heavy atom. The lowest BCUT2D eigenvalue weighted by atomic mass is 10.1. The molecule has 1 heterocycles. The smallest absolute Gasteiger partial charge is 0.257 e. The number of carbonyl (C=O) groups is 2. The highest BCUT2D eigenvalue weighted by atomic mass is 32.1. The molecule has 0 radical (unpaired) electrons. The van der Waals surface area contributed by atoms with Crippen LogP contribution in [0.3, 0.4) is 0 Å². The Kier molecular flexibility index (Phi) is 7.75. The van der Waals surface area contributed by atoms with Gasteiger partial charge in [0.25, 0.3) is 11.8 Å². The van der Waals surface area contributed by atoms with Gasteiger partial charge in [0.15, 0.2) is 5.11 Å². The molecule has 2 aromatic rings. The molecule has 0 aliphatic carbocycles. The molecule has 0 unspecified atom stereocenters. The molecule has 2 aromatic carbocycles. The highest BCUT2D eigenvalue weighted by molar-refractivity contribution is 7.80. The van der Waals surface area contributed by atoms with Gasteiger partial charge in [-0.3, -0.25) is 14.9 Å². The molecule has 1 aliphatic rings. The van der Waals surface area contributed by atoms with Gasteiger partial charge in [0.2, 0.25) is 0 Å². The van der Waals surface area contributed by atoms with E-state index in [2.05, 4.69) is 10.6 Å². The van der Waals surface area contributed by atoms with Crippen molar-refractivity contribution in [2.24, 2.45) is 0 Å². The maximum atomic E-state index is 12.9. The molecular formula is C22H25N3O4S. The van der Waals surface area contributed by atoms with E-state index in [0.717, 1.165) is 6.42 Å². The van der Waals surface area contributed by atoms with Crippen LogP contribution in [0.25, 0.3) is 0 Å². The van der Waals surface area contributed by atoms with Gasteiger partial charge in [-0.15, -0.1) is 0 Å². The first-order valence-corrected chi connectivity index (χ1v) is 10.3. The monoisotopic (exact) mass is 427 g/mol. The molecule has 158 valence electrons. The predicted octanol–water partition coefficient (Wildman–Crippen LogP) is 3.07. The van der Waals surface area contributed by atoms with Crippen LogP contribution in [0.15, 0.2) is 48.5 Å². The molecular weight excluding hydrogens is 402 g/mol. The number of anilines is 1. The largest absolute Gasteiger partial charge is 0.494 e. The summed E-state index contributed by atoms with van der Waals surface area (Å²) >= 11 is 5.30. The normalized spacial score (nSPS) is 13.4. The van der Waals surface area contributed by atoms with E-state index >= 15 is 0 Å². The Hall–Kier alpha value is -2.97. The first-order valence-electron chi connectivity index (χ1n) is 9.89. The lowest BCUT2D eigenvalue weighted by Crippen LogP contribution is -2.41. The van der Waals surface area contributed by atoms with E-state index in [4.69, 9.17) is 21.7 Å². The molecule has 1 fully saturated rings. The number of hydrogen-bond acceptors (Lipinski definition) is 5. The Labute approximate surface area is 181 Å². The van der Waals surface area contributed by atoms with Crippen LogP contribution in [0.4, 0.5) is 5.69 Å². The fraction of sp³-hybridized carbons (Fsp3) is 0.318. The lowest BCUT2D eigenvalue weighted by molar-refractivity contribution is 0.0303. The van der Waals surface area contributed by atoms with Gasteiger partial charge in [-0.1, -0.05) is 25.1 Å². The number of nitrogens with zero attached hydrogens (tertiary/aromatic N) is 1. The minimum Gasteiger partial charge on any atom is -0.494 e. The van der Waals surface area contributed by atoms with E-state index in [1.54, 1.807) is 53.4 Å². The van der Waals surface area contributed by atoms with E-state index in [1.807, 2.05) is 6.92 Å². The third-order valence-electron chi connectivity index (χ3n) is 4.50. The van der Waals surface area contributed by atoms with Gasteiger partial charge in [0.1, 0.15) is 5.75 Å². The van der Waals surface area contributed by atoms with Gasteiger partial charge >= 0.3 is 0 Å². The number of thiocarbonyl (C=S) groups is 1. The molecule has 0 bridgehead atoms. The van der Waals surface area contributed by atoms with Gasteiger partial charge in [-0.25, -0.2) is 0 Å². The highest BCUT2D eigenvalue weighted by Crippen LogP contribution is 2.18. The van der Waals surface area contributed by atoms with Crippen LogP contribution in [0.5, 0.6) is 5.75 Å². The van der Waals surface area contributed by atoms with Crippen LogP contribution >= 0.6 is 12.2 Å². The average molecular weight is 428 g/mol. The number of ether oxygens (including phenoxy) is 2. The average Bonchev–Trinajstić information content (AvgIpc) is 2.78. The van der Waals surface area contributed by atoms with Crippen molar-refractivity contribution < 1.29 is 19.1 Å². The van der Waals surface area contributed by atoms with Crippen LogP contribution in [0.2, 0.25) is 0 Å². The molecule has 0 aromatic heterocycles. The Bertz CT molecular complexity index is 913.